The van der Waals surface area contributed by atoms with Crippen molar-refractivity contribution in [2.24, 2.45) is 0 Å². The molecule has 0 spiro atoms. The van der Waals surface area contributed by atoms with Crippen LogP contribution in [0.2, 0.25) is 0 Å². The molecule has 2 aromatic carbocycles. The molecule has 0 atom stereocenters. The van der Waals surface area contributed by atoms with E-state index in [1.54, 1.807) is 6.07 Å². The van der Waals surface area contributed by atoms with E-state index in [4.69, 9.17) is 4.74 Å². The van der Waals surface area contributed by atoms with Crippen LogP contribution in [0.1, 0.15) is 0 Å². The van der Waals surface area contributed by atoms with Gasteiger partial charge in [-0.1, -0.05) is 36.4 Å². The summed E-state index contributed by atoms with van der Waals surface area (Å²) in [5, 5.41) is 12.4. The molecule has 2 heteroatoms. The molecule has 0 unspecified atom stereocenters. The Morgan fingerprint density at radius 1 is 1.00 bits per heavy atom. The summed E-state index contributed by atoms with van der Waals surface area (Å²) in [6.07, 6.45) is 0. The number of hydrogen-bond donors (Lipinski definition) is 0. The molecule has 2 rings (SSSR count). The Labute approximate surface area is 76.4 Å². The van der Waals surface area contributed by atoms with Crippen molar-refractivity contribution in [2.45, 2.75) is 0 Å². The minimum Gasteiger partial charge on any atom is -0.464 e. The maximum absolute atomic E-state index is 10.3. The summed E-state index contributed by atoms with van der Waals surface area (Å²) >= 11 is 0. The fraction of sp³-hybridized carbons (Fsp3) is 0.0909. The standard InChI is InChI=1S/C11H9O2/c12-8-13-11-7-3-5-9-4-1-2-6-10(9)11/h1-7H,8H2. The lowest BCUT2D eigenvalue weighted by molar-refractivity contribution is 0.0387. The van der Waals surface area contributed by atoms with Crippen molar-refractivity contribution in [3.05, 3.63) is 42.5 Å². The van der Waals surface area contributed by atoms with Crippen LogP contribution in [0.5, 0.6) is 5.75 Å². The molecular weight excluding hydrogens is 164 g/mol. The van der Waals surface area contributed by atoms with Crippen molar-refractivity contribution in [2.75, 3.05) is 6.79 Å². The average molecular weight is 173 g/mol. The van der Waals surface area contributed by atoms with Gasteiger partial charge in [-0.05, 0) is 11.5 Å². The predicted molar refractivity (Wildman–Crippen MR) is 50.1 cm³/mol. The van der Waals surface area contributed by atoms with Gasteiger partial charge in [-0.2, -0.15) is 5.11 Å². The highest BCUT2D eigenvalue weighted by atomic mass is 16.6. The maximum atomic E-state index is 10.3. The Morgan fingerprint density at radius 2 is 1.77 bits per heavy atom. The number of hydrogen-bond acceptors (Lipinski definition) is 1. The Bertz CT molecular complexity index is 404. The maximum Gasteiger partial charge on any atom is 0.221 e. The molecule has 0 heterocycles. The van der Waals surface area contributed by atoms with Crippen LogP contribution in [-0.2, 0) is 5.11 Å². The Morgan fingerprint density at radius 3 is 2.62 bits per heavy atom. The van der Waals surface area contributed by atoms with Gasteiger partial charge >= 0.3 is 0 Å². The van der Waals surface area contributed by atoms with Crippen molar-refractivity contribution in [1.82, 2.24) is 0 Å². The second kappa shape index (κ2) is 3.46. The first-order valence-corrected chi connectivity index (χ1v) is 4.10. The van der Waals surface area contributed by atoms with Crippen molar-refractivity contribution < 1.29 is 9.84 Å². The SMILES string of the molecule is [O]COc1cccc2ccccc12. The van der Waals surface area contributed by atoms with E-state index in [0.29, 0.717) is 5.75 Å². The lowest BCUT2D eigenvalue weighted by Gasteiger charge is -2.04. The molecule has 2 aromatic rings. The van der Waals surface area contributed by atoms with Crippen LogP contribution in [0, 0.1) is 0 Å². The minimum atomic E-state index is -0.534. The first-order valence-electron chi connectivity index (χ1n) is 4.10. The highest BCUT2D eigenvalue weighted by Crippen LogP contribution is 2.24. The second-order valence-electron chi connectivity index (χ2n) is 2.74. The number of ether oxygens (including phenoxy) is 1. The predicted octanol–water partition coefficient (Wildman–Crippen LogP) is 2.61. The molecule has 2 nitrogen and oxygen atoms in total. The van der Waals surface area contributed by atoms with Crippen LogP contribution in [-0.4, -0.2) is 6.79 Å². The van der Waals surface area contributed by atoms with Crippen molar-refractivity contribution in [3.63, 3.8) is 0 Å². The van der Waals surface area contributed by atoms with E-state index >= 15 is 0 Å². The van der Waals surface area contributed by atoms with E-state index < -0.39 is 6.79 Å². The third-order valence-corrected chi connectivity index (χ3v) is 1.96. The quantitative estimate of drug-likeness (QED) is 0.642. The first kappa shape index (κ1) is 8.08. The van der Waals surface area contributed by atoms with E-state index in [2.05, 4.69) is 0 Å². The lowest BCUT2D eigenvalue weighted by Crippen LogP contribution is -1.93. The topological polar surface area (TPSA) is 29.1 Å². The third-order valence-electron chi connectivity index (χ3n) is 1.96. The summed E-state index contributed by atoms with van der Waals surface area (Å²) < 4.78 is 4.96. The second-order valence-corrected chi connectivity index (χ2v) is 2.74. The molecule has 1 radical (unpaired) electrons. The van der Waals surface area contributed by atoms with Gasteiger partial charge in [0, 0.05) is 5.39 Å². The molecule has 0 bridgehead atoms. The van der Waals surface area contributed by atoms with E-state index in [1.807, 2.05) is 36.4 Å². The van der Waals surface area contributed by atoms with Crippen LogP contribution >= 0.6 is 0 Å². The van der Waals surface area contributed by atoms with Gasteiger partial charge in [0.15, 0.2) is 0 Å². The van der Waals surface area contributed by atoms with Gasteiger partial charge in [-0.3, -0.25) is 0 Å². The Hall–Kier alpha value is -1.54. The monoisotopic (exact) mass is 173 g/mol. The molecule has 0 amide bonds. The summed E-state index contributed by atoms with van der Waals surface area (Å²) in [6, 6.07) is 13.5. The van der Waals surface area contributed by atoms with E-state index in [-0.39, 0.29) is 0 Å². The van der Waals surface area contributed by atoms with Gasteiger partial charge in [-0.15, -0.1) is 0 Å². The largest absolute Gasteiger partial charge is 0.464 e. The van der Waals surface area contributed by atoms with Crippen LogP contribution < -0.4 is 4.74 Å². The zero-order valence-electron chi connectivity index (χ0n) is 7.07. The van der Waals surface area contributed by atoms with Gasteiger partial charge in [0.05, 0.1) is 0 Å². The fourth-order valence-electron chi connectivity index (χ4n) is 1.39. The minimum absolute atomic E-state index is 0.534. The Kier molecular flexibility index (Phi) is 2.15. The smallest absolute Gasteiger partial charge is 0.221 e. The molecular formula is C11H9O2. The van der Waals surface area contributed by atoms with Gasteiger partial charge in [-0.25, -0.2) is 0 Å². The molecule has 0 saturated carbocycles. The van der Waals surface area contributed by atoms with E-state index in [1.165, 1.54) is 0 Å². The van der Waals surface area contributed by atoms with Crippen molar-refractivity contribution in [1.29, 1.82) is 0 Å². The van der Waals surface area contributed by atoms with Crippen molar-refractivity contribution >= 4 is 10.8 Å². The third kappa shape index (κ3) is 1.48. The highest BCUT2D eigenvalue weighted by molar-refractivity contribution is 5.88. The molecule has 0 aliphatic carbocycles. The van der Waals surface area contributed by atoms with E-state index in [9.17, 15) is 5.11 Å². The van der Waals surface area contributed by atoms with Crippen LogP contribution in [0.3, 0.4) is 0 Å². The fourth-order valence-corrected chi connectivity index (χ4v) is 1.39. The summed E-state index contributed by atoms with van der Waals surface area (Å²) in [6.45, 7) is -0.534. The molecule has 0 aromatic heterocycles. The normalized spacial score (nSPS) is 10.2. The molecule has 0 N–H and O–H groups in total. The van der Waals surface area contributed by atoms with Gasteiger partial charge < -0.3 is 4.74 Å². The highest BCUT2D eigenvalue weighted by Gasteiger charge is 1.99. The average Bonchev–Trinajstić information content (AvgIpc) is 2.19. The molecule has 0 fully saturated rings. The summed E-state index contributed by atoms with van der Waals surface area (Å²) in [5.41, 5.74) is 0. The van der Waals surface area contributed by atoms with Gasteiger partial charge in [0.25, 0.3) is 0 Å². The molecule has 65 valence electrons. The van der Waals surface area contributed by atoms with Gasteiger partial charge in [0.2, 0.25) is 6.79 Å². The Balaban J connectivity index is 2.61. The molecule has 0 aliphatic heterocycles. The zero-order chi connectivity index (χ0) is 9.10. The lowest BCUT2D eigenvalue weighted by atomic mass is 10.1. The molecule has 0 saturated heterocycles. The summed E-state index contributed by atoms with van der Waals surface area (Å²) in [4.78, 5) is 0. The van der Waals surface area contributed by atoms with Crippen LogP contribution in [0.25, 0.3) is 10.8 Å². The molecule has 0 aliphatic rings. The molecule has 13 heavy (non-hydrogen) atoms. The van der Waals surface area contributed by atoms with Crippen molar-refractivity contribution in [3.8, 4) is 5.75 Å². The zero-order valence-corrected chi connectivity index (χ0v) is 7.07. The number of rotatable bonds is 2. The number of fused-ring (bicyclic) bond motifs is 1. The first-order chi connectivity index (χ1) is 6.42. The summed E-state index contributed by atoms with van der Waals surface area (Å²) in [7, 11) is 0. The van der Waals surface area contributed by atoms with Crippen LogP contribution in [0.15, 0.2) is 42.5 Å². The number of benzene rings is 2. The summed E-state index contributed by atoms with van der Waals surface area (Å²) in [5.74, 6) is 0.660. The van der Waals surface area contributed by atoms with E-state index in [0.717, 1.165) is 10.8 Å². The van der Waals surface area contributed by atoms with Crippen LogP contribution in [0.4, 0.5) is 0 Å². The van der Waals surface area contributed by atoms with Gasteiger partial charge in [0.1, 0.15) is 5.75 Å².